The molecule has 2 heteroatoms. The molecule has 2 aromatic carbocycles. The van der Waals surface area contributed by atoms with E-state index in [2.05, 4.69) is 59.6 Å². The second-order valence-corrected chi connectivity index (χ2v) is 5.98. The van der Waals surface area contributed by atoms with E-state index in [1.54, 1.807) is 0 Å². The van der Waals surface area contributed by atoms with Gasteiger partial charge in [-0.2, -0.15) is 0 Å². The van der Waals surface area contributed by atoms with Gasteiger partial charge in [-0.25, -0.2) is 0 Å². The summed E-state index contributed by atoms with van der Waals surface area (Å²) < 4.78 is 0. The summed E-state index contributed by atoms with van der Waals surface area (Å²) >= 11 is 0. The number of anilines is 1. The Hall–Kier alpha value is -1.80. The number of fused-ring (bicyclic) bond motifs is 3. The van der Waals surface area contributed by atoms with Crippen molar-refractivity contribution in [1.82, 2.24) is 5.32 Å². The SMILES string of the molecule is CC1CN(c2ccc3c(c2)Cc2ccccc2-3)CCN1. The Kier molecular flexibility index (Phi) is 2.78. The van der Waals surface area contributed by atoms with Crippen LogP contribution in [0.1, 0.15) is 18.1 Å². The van der Waals surface area contributed by atoms with E-state index in [-0.39, 0.29) is 0 Å². The van der Waals surface area contributed by atoms with E-state index in [1.165, 1.54) is 27.9 Å². The zero-order chi connectivity index (χ0) is 13.5. The first-order valence-electron chi connectivity index (χ1n) is 7.51. The molecular formula is C18H20N2. The van der Waals surface area contributed by atoms with Crippen LogP contribution in [-0.4, -0.2) is 25.7 Å². The molecule has 4 rings (SSSR count). The van der Waals surface area contributed by atoms with Crippen molar-refractivity contribution in [3.63, 3.8) is 0 Å². The fourth-order valence-corrected chi connectivity index (χ4v) is 3.50. The van der Waals surface area contributed by atoms with E-state index in [0.29, 0.717) is 6.04 Å². The number of piperazine rings is 1. The van der Waals surface area contributed by atoms with E-state index in [4.69, 9.17) is 0 Å². The molecule has 1 saturated heterocycles. The third-order valence-corrected chi connectivity index (χ3v) is 4.51. The molecule has 2 aromatic rings. The lowest BCUT2D eigenvalue weighted by atomic mass is 10.0. The van der Waals surface area contributed by atoms with E-state index in [9.17, 15) is 0 Å². The van der Waals surface area contributed by atoms with Crippen molar-refractivity contribution in [3.8, 4) is 11.1 Å². The van der Waals surface area contributed by atoms with Crippen molar-refractivity contribution < 1.29 is 0 Å². The molecule has 0 bridgehead atoms. The molecule has 1 heterocycles. The van der Waals surface area contributed by atoms with Gasteiger partial charge in [-0.1, -0.05) is 30.3 Å². The Morgan fingerprint density at radius 2 is 1.90 bits per heavy atom. The summed E-state index contributed by atoms with van der Waals surface area (Å²) in [5.74, 6) is 0. The molecule has 2 nitrogen and oxygen atoms in total. The molecule has 0 aromatic heterocycles. The highest BCUT2D eigenvalue weighted by Gasteiger charge is 2.21. The maximum Gasteiger partial charge on any atom is 0.0370 e. The fourth-order valence-electron chi connectivity index (χ4n) is 3.50. The first kappa shape index (κ1) is 12.0. The number of hydrogen-bond donors (Lipinski definition) is 1. The van der Waals surface area contributed by atoms with Crippen LogP contribution in [0.4, 0.5) is 5.69 Å². The summed E-state index contributed by atoms with van der Waals surface area (Å²) in [6.07, 6.45) is 1.08. The first-order chi connectivity index (χ1) is 9.81. The highest BCUT2D eigenvalue weighted by atomic mass is 15.2. The summed E-state index contributed by atoms with van der Waals surface area (Å²) in [6, 6.07) is 16.4. The fraction of sp³-hybridized carbons (Fsp3) is 0.333. The predicted molar refractivity (Wildman–Crippen MR) is 84.4 cm³/mol. The van der Waals surface area contributed by atoms with Gasteiger partial charge >= 0.3 is 0 Å². The first-order valence-corrected chi connectivity index (χ1v) is 7.51. The molecule has 20 heavy (non-hydrogen) atoms. The second kappa shape index (κ2) is 4.64. The van der Waals surface area contributed by atoms with Crippen LogP contribution >= 0.6 is 0 Å². The molecule has 1 atom stereocenters. The van der Waals surface area contributed by atoms with Crippen molar-refractivity contribution >= 4 is 5.69 Å². The topological polar surface area (TPSA) is 15.3 Å². The Morgan fingerprint density at radius 1 is 1.05 bits per heavy atom. The van der Waals surface area contributed by atoms with Crippen LogP contribution in [0.2, 0.25) is 0 Å². The molecule has 1 aliphatic heterocycles. The Balaban J connectivity index is 1.68. The summed E-state index contributed by atoms with van der Waals surface area (Å²) in [6.45, 7) is 5.55. The third-order valence-electron chi connectivity index (χ3n) is 4.51. The minimum atomic E-state index is 0.578. The van der Waals surface area contributed by atoms with Crippen LogP contribution < -0.4 is 10.2 Å². The van der Waals surface area contributed by atoms with Gasteiger partial charge in [0.15, 0.2) is 0 Å². The summed E-state index contributed by atoms with van der Waals surface area (Å²) in [5, 5.41) is 3.51. The van der Waals surface area contributed by atoms with E-state index in [1.807, 2.05) is 0 Å². The lowest BCUT2D eigenvalue weighted by molar-refractivity contribution is 0.485. The molecule has 0 amide bonds. The maximum absolute atomic E-state index is 3.51. The van der Waals surface area contributed by atoms with Crippen molar-refractivity contribution in [2.45, 2.75) is 19.4 Å². The molecule has 102 valence electrons. The standard InChI is InChI=1S/C18H20N2/c1-13-12-20(9-8-19-13)16-6-7-18-15(11-16)10-14-4-2-3-5-17(14)18/h2-7,11,13,19H,8-10,12H2,1H3. The molecule has 0 spiro atoms. The molecule has 0 saturated carbocycles. The highest BCUT2D eigenvalue weighted by molar-refractivity contribution is 5.78. The highest BCUT2D eigenvalue weighted by Crippen LogP contribution is 2.38. The van der Waals surface area contributed by atoms with Crippen molar-refractivity contribution in [3.05, 3.63) is 53.6 Å². The van der Waals surface area contributed by atoms with Crippen LogP contribution in [0.25, 0.3) is 11.1 Å². The monoisotopic (exact) mass is 264 g/mol. The van der Waals surface area contributed by atoms with Gasteiger partial charge in [0.05, 0.1) is 0 Å². The zero-order valence-electron chi connectivity index (χ0n) is 11.9. The predicted octanol–water partition coefficient (Wildman–Crippen LogP) is 3.06. The van der Waals surface area contributed by atoms with Crippen LogP contribution in [0.5, 0.6) is 0 Å². The molecule has 1 unspecified atom stereocenters. The quantitative estimate of drug-likeness (QED) is 0.726. The van der Waals surface area contributed by atoms with Crippen LogP contribution in [0.3, 0.4) is 0 Å². The lowest BCUT2D eigenvalue weighted by Crippen LogP contribution is -2.49. The summed E-state index contributed by atoms with van der Waals surface area (Å²) in [7, 11) is 0. The number of hydrogen-bond acceptors (Lipinski definition) is 2. The smallest absolute Gasteiger partial charge is 0.0370 e. The average Bonchev–Trinajstić information content (AvgIpc) is 2.85. The van der Waals surface area contributed by atoms with Crippen molar-refractivity contribution in [1.29, 1.82) is 0 Å². The van der Waals surface area contributed by atoms with Gasteiger partial charge in [0.1, 0.15) is 0 Å². The van der Waals surface area contributed by atoms with Crippen LogP contribution in [0, 0.1) is 0 Å². The number of rotatable bonds is 1. The zero-order valence-corrected chi connectivity index (χ0v) is 11.9. The second-order valence-electron chi connectivity index (χ2n) is 5.98. The molecule has 1 N–H and O–H groups in total. The van der Waals surface area contributed by atoms with Crippen molar-refractivity contribution in [2.75, 3.05) is 24.5 Å². The van der Waals surface area contributed by atoms with Crippen LogP contribution in [0.15, 0.2) is 42.5 Å². The minimum Gasteiger partial charge on any atom is -0.369 e. The largest absolute Gasteiger partial charge is 0.369 e. The number of nitrogens with one attached hydrogen (secondary N) is 1. The molecule has 1 fully saturated rings. The lowest BCUT2D eigenvalue weighted by Gasteiger charge is -2.34. The normalized spacial score (nSPS) is 20.6. The summed E-state index contributed by atoms with van der Waals surface area (Å²) in [5.41, 5.74) is 7.17. The van der Waals surface area contributed by atoms with Gasteiger partial charge < -0.3 is 10.2 Å². The number of nitrogens with zero attached hydrogens (tertiary/aromatic N) is 1. The van der Waals surface area contributed by atoms with Gasteiger partial charge in [0.25, 0.3) is 0 Å². The third kappa shape index (κ3) is 1.92. The van der Waals surface area contributed by atoms with E-state index < -0.39 is 0 Å². The minimum absolute atomic E-state index is 0.578. The molecule has 1 aliphatic carbocycles. The Morgan fingerprint density at radius 3 is 2.80 bits per heavy atom. The molecular weight excluding hydrogens is 244 g/mol. The van der Waals surface area contributed by atoms with Gasteiger partial charge in [-0.15, -0.1) is 0 Å². The summed E-state index contributed by atoms with van der Waals surface area (Å²) in [4.78, 5) is 2.50. The molecule has 2 aliphatic rings. The van der Waals surface area contributed by atoms with Crippen LogP contribution in [-0.2, 0) is 6.42 Å². The molecule has 0 radical (unpaired) electrons. The maximum atomic E-state index is 3.51. The Bertz CT molecular complexity index is 648. The van der Waals surface area contributed by atoms with Gasteiger partial charge in [-0.3, -0.25) is 0 Å². The van der Waals surface area contributed by atoms with Gasteiger partial charge in [0, 0.05) is 31.4 Å². The Labute approximate surface area is 120 Å². The van der Waals surface area contributed by atoms with E-state index in [0.717, 1.165) is 26.1 Å². The van der Waals surface area contributed by atoms with Crippen molar-refractivity contribution in [2.24, 2.45) is 0 Å². The average molecular weight is 264 g/mol. The van der Waals surface area contributed by atoms with E-state index >= 15 is 0 Å². The number of benzene rings is 2. The van der Waals surface area contributed by atoms with Gasteiger partial charge in [0.2, 0.25) is 0 Å². The van der Waals surface area contributed by atoms with Gasteiger partial charge in [-0.05, 0) is 47.7 Å².